The fraction of sp³-hybridized carbons (Fsp3) is 0.982. The summed E-state index contributed by atoms with van der Waals surface area (Å²) in [6.45, 7) is 4.31. The molecule has 0 aliphatic heterocycles. The maximum Gasteiger partial charge on any atom is 0.222 e. The SMILES string of the molecule is CCCCCCCCCCCCCCCCCCCCCCCCCC(O)CC(=O)NC(CO)C(O)CCCCCCCCCCCCCCCCCCCCCCCCC. The van der Waals surface area contributed by atoms with E-state index in [4.69, 9.17) is 0 Å². The fourth-order valence-electron chi connectivity index (χ4n) is 9.35. The molecule has 0 aromatic rings. The number of aliphatic hydroxyl groups excluding tert-OH is 3. The van der Waals surface area contributed by atoms with Crippen LogP contribution in [0.2, 0.25) is 0 Å². The van der Waals surface area contributed by atoms with E-state index in [1.54, 1.807) is 0 Å². The molecule has 4 N–H and O–H groups in total. The lowest BCUT2D eigenvalue weighted by molar-refractivity contribution is -0.125. The van der Waals surface area contributed by atoms with Crippen molar-refractivity contribution in [3.05, 3.63) is 0 Å². The molecule has 0 radical (unpaired) electrons. The first kappa shape index (κ1) is 60.4. The molecule has 0 bridgehead atoms. The summed E-state index contributed by atoms with van der Waals surface area (Å²) < 4.78 is 0. The van der Waals surface area contributed by atoms with E-state index in [1.165, 1.54) is 270 Å². The number of aliphatic hydroxyl groups is 3. The van der Waals surface area contributed by atoms with Gasteiger partial charge in [-0.05, 0) is 12.8 Å². The van der Waals surface area contributed by atoms with Crippen LogP contribution in [0.1, 0.15) is 328 Å². The minimum absolute atomic E-state index is 0.0436. The number of carbonyl (C=O) groups is 1. The molecule has 0 heterocycles. The van der Waals surface area contributed by atoms with Crippen molar-refractivity contribution < 1.29 is 20.1 Å². The van der Waals surface area contributed by atoms with Crippen LogP contribution in [0, 0.1) is 0 Å². The van der Waals surface area contributed by atoms with Gasteiger partial charge in [-0.2, -0.15) is 0 Å². The maximum absolute atomic E-state index is 12.5. The lowest BCUT2D eigenvalue weighted by Crippen LogP contribution is -2.46. The Morgan fingerprint density at radius 2 is 0.557 bits per heavy atom. The van der Waals surface area contributed by atoms with E-state index in [0.29, 0.717) is 12.8 Å². The third-order valence-corrected chi connectivity index (χ3v) is 13.7. The second-order valence-corrected chi connectivity index (χ2v) is 19.9. The summed E-state index contributed by atoms with van der Waals surface area (Å²) in [4.78, 5) is 12.5. The van der Waals surface area contributed by atoms with Crippen LogP contribution in [0.3, 0.4) is 0 Å². The Bertz CT molecular complexity index is 822. The van der Waals surface area contributed by atoms with Crippen molar-refractivity contribution in [2.75, 3.05) is 6.61 Å². The van der Waals surface area contributed by atoms with Gasteiger partial charge in [0, 0.05) is 0 Å². The summed E-state index contributed by atoms with van der Waals surface area (Å²) in [7, 11) is 0. The van der Waals surface area contributed by atoms with Crippen molar-refractivity contribution in [1.82, 2.24) is 5.32 Å². The maximum atomic E-state index is 12.5. The summed E-state index contributed by atoms with van der Waals surface area (Å²) in [5.41, 5.74) is 0. The van der Waals surface area contributed by atoms with Crippen LogP contribution in [0.15, 0.2) is 0 Å². The molecule has 0 aliphatic carbocycles. The second kappa shape index (κ2) is 52.0. The van der Waals surface area contributed by atoms with Crippen LogP contribution in [0.25, 0.3) is 0 Å². The predicted octanol–water partition coefficient (Wildman–Crippen LogP) is 17.3. The van der Waals surface area contributed by atoms with Crippen molar-refractivity contribution in [3.63, 3.8) is 0 Å². The van der Waals surface area contributed by atoms with Crippen LogP contribution in [0.5, 0.6) is 0 Å². The Labute approximate surface area is 383 Å². The molecule has 0 spiro atoms. The fourth-order valence-corrected chi connectivity index (χ4v) is 9.35. The molecule has 0 aromatic carbocycles. The van der Waals surface area contributed by atoms with Crippen LogP contribution < -0.4 is 5.32 Å². The third-order valence-electron chi connectivity index (χ3n) is 13.7. The van der Waals surface area contributed by atoms with Crippen LogP contribution >= 0.6 is 0 Å². The minimum Gasteiger partial charge on any atom is -0.394 e. The highest BCUT2D eigenvalue weighted by molar-refractivity contribution is 5.76. The van der Waals surface area contributed by atoms with Gasteiger partial charge in [-0.3, -0.25) is 4.79 Å². The van der Waals surface area contributed by atoms with E-state index in [9.17, 15) is 20.1 Å². The van der Waals surface area contributed by atoms with Crippen molar-refractivity contribution in [3.8, 4) is 0 Å². The normalized spacial score (nSPS) is 13.2. The molecule has 0 aromatic heterocycles. The quantitative estimate of drug-likeness (QED) is 0.0459. The van der Waals surface area contributed by atoms with Gasteiger partial charge in [0.1, 0.15) is 0 Å². The monoisotopic (exact) mass is 864 g/mol. The summed E-state index contributed by atoms with van der Waals surface area (Å²) in [6.07, 6.45) is 62.6. The molecule has 3 atom stereocenters. The summed E-state index contributed by atoms with van der Waals surface area (Å²) in [5, 5.41) is 33.7. The topological polar surface area (TPSA) is 89.8 Å². The zero-order valence-electron chi connectivity index (χ0n) is 41.8. The summed E-state index contributed by atoms with van der Waals surface area (Å²) in [6, 6.07) is -0.654. The average Bonchev–Trinajstić information content (AvgIpc) is 3.25. The summed E-state index contributed by atoms with van der Waals surface area (Å²) in [5.74, 6) is -0.274. The standard InChI is InChI=1S/C56H113NO4/c1-3-5-7-9-11-13-15-17-19-21-23-25-27-29-31-33-35-37-39-41-43-45-47-49-53(59)51-56(61)57-54(52-58)55(60)50-48-46-44-42-40-38-36-34-32-30-28-26-24-22-20-18-16-14-12-10-8-6-4-2/h53-55,58-60H,3-52H2,1-2H3,(H,57,61). The molecule has 0 saturated carbocycles. The van der Waals surface area contributed by atoms with E-state index in [0.717, 1.165) is 25.7 Å². The van der Waals surface area contributed by atoms with E-state index >= 15 is 0 Å². The molecule has 0 aliphatic rings. The molecular weight excluding hydrogens is 751 g/mol. The number of nitrogens with one attached hydrogen (secondary N) is 1. The first-order chi connectivity index (χ1) is 30.0. The molecular formula is C56H113NO4. The number of carbonyl (C=O) groups excluding carboxylic acids is 1. The first-order valence-corrected chi connectivity index (χ1v) is 28.3. The predicted molar refractivity (Wildman–Crippen MR) is 269 cm³/mol. The minimum atomic E-state index is -0.745. The molecule has 0 fully saturated rings. The molecule has 0 rings (SSSR count). The van der Waals surface area contributed by atoms with Crippen LogP contribution in [-0.2, 0) is 4.79 Å². The van der Waals surface area contributed by atoms with Gasteiger partial charge in [0.25, 0.3) is 0 Å². The Kier molecular flexibility index (Phi) is 51.4. The van der Waals surface area contributed by atoms with Gasteiger partial charge in [0.15, 0.2) is 0 Å². The van der Waals surface area contributed by atoms with Crippen molar-refractivity contribution in [2.24, 2.45) is 0 Å². The highest BCUT2D eigenvalue weighted by atomic mass is 16.3. The van der Waals surface area contributed by atoms with Gasteiger partial charge in [-0.15, -0.1) is 0 Å². The van der Waals surface area contributed by atoms with E-state index in [1.807, 2.05) is 0 Å². The highest BCUT2D eigenvalue weighted by Crippen LogP contribution is 2.19. The molecule has 5 nitrogen and oxygen atoms in total. The highest BCUT2D eigenvalue weighted by Gasteiger charge is 2.21. The largest absolute Gasteiger partial charge is 0.394 e. The molecule has 61 heavy (non-hydrogen) atoms. The average molecular weight is 865 g/mol. The van der Waals surface area contributed by atoms with Crippen molar-refractivity contribution in [1.29, 1.82) is 0 Å². The molecule has 5 heteroatoms. The summed E-state index contributed by atoms with van der Waals surface area (Å²) >= 11 is 0. The third kappa shape index (κ3) is 48.6. The molecule has 1 amide bonds. The number of unbranched alkanes of at least 4 members (excludes halogenated alkanes) is 44. The Hall–Kier alpha value is -0.650. The Morgan fingerprint density at radius 3 is 0.787 bits per heavy atom. The van der Waals surface area contributed by atoms with Crippen molar-refractivity contribution >= 4 is 5.91 Å². The van der Waals surface area contributed by atoms with Gasteiger partial charge in [0.05, 0.1) is 31.3 Å². The number of rotatable bonds is 53. The van der Waals surface area contributed by atoms with Crippen LogP contribution in [-0.4, -0.2) is 46.1 Å². The van der Waals surface area contributed by atoms with Crippen LogP contribution in [0.4, 0.5) is 0 Å². The molecule has 0 saturated heterocycles. The van der Waals surface area contributed by atoms with Gasteiger partial charge < -0.3 is 20.6 Å². The Balaban J connectivity index is 3.49. The van der Waals surface area contributed by atoms with Gasteiger partial charge in [0.2, 0.25) is 5.91 Å². The van der Waals surface area contributed by atoms with E-state index in [2.05, 4.69) is 19.2 Å². The van der Waals surface area contributed by atoms with Gasteiger partial charge in [-0.1, -0.05) is 309 Å². The first-order valence-electron chi connectivity index (χ1n) is 28.3. The second-order valence-electron chi connectivity index (χ2n) is 19.9. The number of hydrogen-bond donors (Lipinski definition) is 4. The zero-order valence-corrected chi connectivity index (χ0v) is 41.8. The van der Waals surface area contributed by atoms with E-state index < -0.39 is 18.2 Å². The molecule has 366 valence electrons. The lowest BCUT2D eigenvalue weighted by Gasteiger charge is -2.23. The van der Waals surface area contributed by atoms with Gasteiger partial charge >= 0.3 is 0 Å². The number of hydrogen-bond acceptors (Lipinski definition) is 4. The molecule has 3 unspecified atom stereocenters. The van der Waals surface area contributed by atoms with E-state index in [-0.39, 0.29) is 18.9 Å². The van der Waals surface area contributed by atoms with Crippen molar-refractivity contribution in [2.45, 2.75) is 347 Å². The Morgan fingerprint density at radius 1 is 0.344 bits per heavy atom. The number of amides is 1. The van der Waals surface area contributed by atoms with Gasteiger partial charge in [-0.25, -0.2) is 0 Å². The smallest absolute Gasteiger partial charge is 0.222 e. The zero-order chi connectivity index (χ0) is 44.4. The lowest BCUT2D eigenvalue weighted by atomic mass is 10.0.